The standard InChI is InChI=1S/C24H19ClN4O2S2/c25-15-8-6-14(7-9-15)17-11-18(19-4-2-10-31-19)29(28-17)21(30)12-32-23-22-16-3-1-5-20(16)33-24(22)27-13-26-23/h2,4,6-10,13,18H,1,3,5,11-12H2. The highest BCUT2D eigenvalue weighted by Gasteiger charge is 2.35. The van der Waals surface area contributed by atoms with Crippen LogP contribution in [0.4, 0.5) is 0 Å². The Balaban J connectivity index is 1.27. The number of hydrogen-bond acceptors (Lipinski definition) is 7. The molecule has 0 bridgehead atoms. The van der Waals surface area contributed by atoms with Gasteiger partial charge in [0.25, 0.3) is 5.91 Å². The predicted molar refractivity (Wildman–Crippen MR) is 131 cm³/mol. The molecule has 3 aromatic heterocycles. The summed E-state index contributed by atoms with van der Waals surface area (Å²) in [7, 11) is 0. The summed E-state index contributed by atoms with van der Waals surface area (Å²) >= 11 is 9.26. The second-order valence-electron chi connectivity index (χ2n) is 8.03. The number of carbonyl (C=O) groups is 1. The Morgan fingerprint density at radius 3 is 2.91 bits per heavy atom. The fraction of sp³-hybridized carbons (Fsp3) is 0.250. The third-order valence-electron chi connectivity index (χ3n) is 6.01. The molecule has 4 aromatic rings. The molecule has 166 valence electrons. The normalized spacial score (nSPS) is 17.5. The summed E-state index contributed by atoms with van der Waals surface area (Å²) in [6, 6.07) is 11.0. The Bertz CT molecular complexity index is 1370. The lowest BCUT2D eigenvalue weighted by molar-refractivity contribution is -0.130. The molecule has 0 fully saturated rings. The Morgan fingerprint density at radius 2 is 2.09 bits per heavy atom. The summed E-state index contributed by atoms with van der Waals surface area (Å²) in [6.45, 7) is 0. The van der Waals surface area contributed by atoms with E-state index < -0.39 is 0 Å². The molecule has 0 radical (unpaired) electrons. The highest BCUT2D eigenvalue weighted by atomic mass is 35.5. The lowest BCUT2D eigenvalue weighted by atomic mass is 10.0. The van der Waals surface area contributed by atoms with E-state index in [1.165, 1.54) is 28.6 Å². The van der Waals surface area contributed by atoms with Gasteiger partial charge in [0.15, 0.2) is 0 Å². The van der Waals surface area contributed by atoms with Gasteiger partial charge in [0, 0.05) is 21.7 Å². The summed E-state index contributed by atoms with van der Waals surface area (Å²) < 4.78 is 5.65. The molecule has 0 spiro atoms. The van der Waals surface area contributed by atoms with Gasteiger partial charge in [-0.3, -0.25) is 4.79 Å². The molecule has 1 aliphatic carbocycles. The molecule has 6 rings (SSSR count). The number of rotatable bonds is 5. The van der Waals surface area contributed by atoms with Crippen LogP contribution >= 0.6 is 34.7 Å². The number of carbonyl (C=O) groups excluding carboxylic acids is 1. The molecule has 2 aliphatic rings. The summed E-state index contributed by atoms with van der Waals surface area (Å²) in [6.07, 6.45) is 7.16. The highest BCUT2D eigenvalue weighted by molar-refractivity contribution is 8.00. The van der Waals surface area contributed by atoms with Crippen LogP contribution in [0.1, 0.15) is 40.6 Å². The summed E-state index contributed by atoms with van der Waals surface area (Å²) in [5, 5.41) is 8.93. The first kappa shape index (κ1) is 20.9. The smallest absolute Gasteiger partial charge is 0.253 e. The maximum Gasteiger partial charge on any atom is 0.253 e. The summed E-state index contributed by atoms with van der Waals surface area (Å²) in [4.78, 5) is 24.8. The number of thiophene rings is 1. The maximum absolute atomic E-state index is 13.4. The monoisotopic (exact) mass is 494 g/mol. The van der Waals surface area contributed by atoms with Gasteiger partial charge in [-0.1, -0.05) is 35.5 Å². The first-order valence-corrected chi connectivity index (χ1v) is 12.9. The molecule has 1 atom stereocenters. The van der Waals surface area contributed by atoms with E-state index in [2.05, 4.69) is 9.97 Å². The summed E-state index contributed by atoms with van der Waals surface area (Å²) in [5.74, 6) is 0.885. The van der Waals surface area contributed by atoms with Crippen molar-refractivity contribution in [1.82, 2.24) is 15.0 Å². The first-order chi connectivity index (χ1) is 16.2. The quantitative estimate of drug-likeness (QED) is 0.255. The molecule has 4 heterocycles. The van der Waals surface area contributed by atoms with Crippen LogP contribution in [-0.2, 0) is 17.6 Å². The number of amides is 1. The number of thioether (sulfide) groups is 1. The zero-order valence-corrected chi connectivity index (χ0v) is 19.9. The first-order valence-electron chi connectivity index (χ1n) is 10.7. The van der Waals surface area contributed by atoms with Crippen LogP contribution in [0.15, 0.2) is 63.5 Å². The van der Waals surface area contributed by atoms with Gasteiger partial charge in [-0.15, -0.1) is 11.3 Å². The van der Waals surface area contributed by atoms with Gasteiger partial charge in [0.2, 0.25) is 0 Å². The molecular formula is C24H19ClN4O2S2. The van der Waals surface area contributed by atoms with Crippen molar-refractivity contribution in [3.05, 3.63) is 75.8 Å². The molecular weight excluding hydrogens is 476 g/mol. The number of nitrogens with zero attached hydrogens (tertiary/aromatic N) is 4. The van der Waals surface area contributed by atoms with E-state index in [0.29, 0.717) is 11.4 Å². The number of benzene rings is 1. The van der Waals surface area contributed by atoms with Crippen molar-refractivity contribution in [2.45, 2.75) is 36.8 Å². The van der Waals surface area contributed by atoms with Crippen molar-refractivity contribution < 1.29 is 9.21 Å². The molecule has 1 aromatic carbocycles. The molecule has 0 saturated carbocycles. The van der Waals surface area contributed by atoms with Crippen LogP contribution in [0.5, 0.6) is 0 Å². The summed E-state index contributed by atoms with van der Waals surface area (Å²) in [5.41, 5.74) is 3.15. The second kappa shape index (κ2) is 8.59. The van der Waals surface area contributed by atoms with E-state index in [4.69, 9.17) is 21.1 Å². The lowest BCUT2D eigenvalue weighted by Crippen LogP contribution is -2.28. The van der Waals surface area contributed by atoms with E-state index in [1.807, 2.05) is 36.4 Å². The molecule has 9 heteroatoms. The Morgan fingerprint density at radius 1 is 1.21 bits per heavy atom. The lowest BCUT2D eigenvalue weighted by Gasteiger charge is -2.19. The Hall–Kier alpha value is -2.68. The van der Waals surface area contributed by atoms with Crippen LogP contribution in [0.3, 0.4) is 0 Å². The minimum atomic E-state index is -0.269. The highest BCUT2D eigenvalue weighted by Crippen LogP contribution is 2.40. The van der Waals surface area contributed by atoms with E-state index in [9.17, 15) is 4.79 Å². The third-order valence-corrected chi connectivity index (χ3v) is 8.44. The van der Waals surface area contributed by atoms with Crippen LogP contribution in [0.2, 0.25) is 5.02 Å². The number of fused-ring (bicyclic) bond motifs is 3. The average Bonchev–Trinajstić information content (AvgIpc) is 3.61. The van der Waals surface area contributed by atoms with Crippen LogP contribution in [-0.4, -0.2) is 32.3 Å². The van der Waals surface area contributed by atoms with Crippen molar-refractivity contribution in [3.63, 3.8) is 0 Å². The van der Waals surface area contributed by atoms with Crippen molar-refractivity contribution in [2.24, 2.45) is 5.10 Å². The van der Waals surface area contributed by atoms with E-state index in [-0.39, 0.29) is 17.7 Å². The van der Waals surface area contributed by atoms with Gasteiger partial charge in [-0.05, 0) is 54.7 Å². The van der Waals surface area contributed by atoms with Gasteiger partial charge >= 0.3 is 0 Å². The Kier molecular flexibility index (Phi) is 5.44. The SMILES string of the molecule is O=C(CSc1ncnc2sc3c(c12)CCC3)N1N=C(c2ccc(Cl)cc2)CC1c1ccco1. The van der Waals surface area contributed by atoms with Gasteiger partial charge in [0.1, 0.15) is 28.0 Å². The topological polar surface area (TPSA) is 71.6 Å². The van der Waals surface area contributed by atoms with Crippen molar-refractivity contribution in [1.29, 1.82) is 0 Å². The molecule has 1 aliphatic heterocycles. The van der Waals surface area contributed by atoms with E-state index in [0.717, 1.165) is 45.1 Å². The number of hydrogen-bond donors (Lipinski definition) is 0. The molecule has 0 saturated heterocycles. The molecule has 1 amide bonds. The number of aromatic nitrogens is 2. The largest absolute Gasteiger partial charge is 0.467 e. The predicted octanol–water partition coefficient (Wildman–Crippen LogP) is 5.90. The molecule has 1 unspecified atom stereocenters. The van der Waals surface area contributed by atoms with E-state index >= 15 is 0 Å². The number of hydrazone groups is 1. The molecule has 33 heavy (non-hydrogen) atoms. The fourth-order valence-corrected chi connectivity index (χ4v) is 6.76. The zero-order chi connectivity index (χ0) is 22.4. The average molecular weight is 495 g/mol. The molecule has 6 nitrogen and oxygen atoms in total. The fourth-order valence-electron chi connectivity index (χ4n) is 4.46. The Labute approximate surface area is 203 Å². The van der Waals surface area contributed by atoms with Crippen LogP contribution < -0.4 is 0 Å². The van der Waals surface area contributed by atoms with Crippen molar-refractivity contribution in [3.8, 4) is 0 Å². The van der Waals surface area contributed by atoms with E-state index in [1.54, 1.807) is 28.9 Å². The van der Waals surface area contributed by atoms with Gasteiger partial charge in [0.05, 0.1) is 17.7 Å². The van der Waals surface area contributed by atoms with Gasteiger partial charge < -0.3 is 4.42 Å². The molecule has 0 N–H and O–H groups in total. The second-order valence-corrected chi connectivity index (χ2v) is 10.5. The van der Waals surface area contributed by atoms with Crippen LogP contribution in [0.25, 0.3) is 10.2 Å². The van der Waals surface area contributed by atoms with Crippen LogP contribution in [0, 0.1) is 0 Å². The number of furan rings is 1. The van der Waals surface area contributed by atoms with Crippen molar-refractivity contribution >= 4 is 56.5 Å². The number of aryl methyl sites for hydroxylation is 2. The maximum atomic E-state index is 13.4. The minimum Gasteiger partial charge on any atom is -0.467 e. The third kappa shape index (κ3) is 3.86. The van der Waals surface area contributed by atoms with Gasteiger partial charge in [-0.2, -0.15) is 5.10 Å². The number of halogens is 1. The van der Waals surface area contributed by atoms with Crippen molar-refractivity contribution in [2.75, 3.05) is 5.75 Å². The minimum absolute atomic E-state index is 0.0796. The zero-order valence-electron chi connectivity index (χ0n) is 17.5. The van der Waals surface area contributed by atoms with Gasteiger partial charge in [-0.25, -0.2) is 15.0 Å².